The van der Waals surface area contributed by atoms with Crippen LogP contribution in [-0.4, -0.2) is 47.8 Å². The van der Waals surface area contributed by atoms with Crippen molar-refractivity contribution in [1.29, 1.82) is 0 Å². The number of aromatic nitrogens is 1. The number of alkyl carbamates (subject to hydrolysis) is 1. The Hall–Kier alpha value is -3.72. The van der Waals surface area contributed by atoms with E-state index in [4.69, 9.17) is 9.84 Å². The van der Waals surface area contributed by atoms with Crippen LogP contribution in [0.4, 0.5) is 9.93 Å². The first-order valence-electron chi connectivity index (χ1n) is 10.5. The van der Waals surface area contributed by atoms with Crippen LogP contribution in [0.2, 0.25) is 0 Å². The predicted octanol–water partition coefficient (Wildman–Crippen LogP) is 3.88. The summed E-state index contributed by atoms with van der Waals surface area (Å²) in [6.45, 7) is 0.0992. The van der Waals surface area contributed by atoms with Gasteiger partial charge in [-0.25, -0.2) is 9.78 Å². The lowest BCUT2D eigenvalue weighted by Gasteiger charge is -2.23. The number of carbonyl (C=O) groups excluding carboxylic acids is 2. The number of thiazole rings is 1. The van der Waals surface area contributed by atoms with Gasteiger partial charge in [0.1, 0.15) is 12.6 Å². The van der Waals surface area contributed by atoms with Crippen molar-refractivity contribution < 1.29 is 24.2 Å². The fraction of sp³-hybridized carbons (Fsp3) is 0.250. The van der Waals surface area contributed by atoms with Gasteiger partial charge >= 0.3 is 12.1 Å². The molecule has 1 unspecified atom stereocenters. The van der Waals surface area contributed by atoms with Gasteiger partial charge in [0.05, 0.1) is 0 Å². The second-order valence-corrected chi connectivity index (χ2v) is 8.54. The molecule has 1 aliphatic carbocycles. The Balaban J connectivity index is 1.44. The number of carboxylic acids is 1. The van der Waals surface area contributed by atoms with E-state index in [1.807, 2.05) is 48.5 Å². The number of nitrogens with one attached hydrogen (secondary N) is 1. The molecule has 0 saturated heterocycles. The largest absolute Gasteiger partial charge is 0.481 e. The topological polar surface area (TPSA) is 109 Å². The highest BCUT2D eigenvalue weighted by molar-refractivity contribution is 7.13. The Bertz CT molecular complexity index is 1120. The first-order valence-corrected chi connectivity index (χ1v) is 11.3. The van der Waals surface area contributed by atoms with Crippen LogP contribution >= 0.6 is 11.3 Å². The molecule has 4 rings (SSSR count). The van der Waals surface area contributed by atoms with Crippen molar-refractivity contribution in [3.63, 3.8) is 0 Å². The number of amides is 2. The van der Waals surface area contributed by atoms with E-state index in [2.05, 4.69) is 10.3 Å². The molecule has 0 spiro atoms. The maximum absolute atomic E-state index is 12.9. The number of hydrogen-bond donors (Lipinski definition) is 2. The lowest BCUT2D eigenvalue weighted by Crippen LogP contribution is -2.48. The standard InChI is InChI=1S/C24H23N3O5S/c1-27(23-25-12-13-33-23)22(30)20(10-11-21(28)29)26-24(31)32-14-19-17-8-4-2-6-15(17)16-7-3-5-9-18(16)19/h2-9,12-13,19-20H,10-11,14H2,1H3,(H,26,31)(H,28,29). The van der Waals surface area contributed by atoms with Gasteiger partial charge in [0, 0.05) is 31.0 Å². The third-order valence-corrected chi connectivity index (χ3v) is 6.47. The van der Waals surface area contributed by atoms with Crippen LogP contribution in [-0.2, 0) is 14.3 Å². The average molecular weight is 466 g/mol. The second-order valence-electron chi connectivity index (χ2n) is 7.67. The number of anilines is 1. The van der Waals surface area contributed by atoms with E-state index >= 15 is 0 Å². The molecule has 0 fully saturated rings. The zero-order valence-corrected chi connectivity index (χ0v) is 18.7. The lowest BCUT2D eigenvalue weighted by molar-refractivity contribution is -0.137. The summed E-state index contributed by atoms with van der Waals surface area (Å²) in [7, 11) is 1.54. The number of nitrogens with zero attached hydrogens (tertiary/aromatic N) is 2. The number of rotatable bonds is 8. The van der Waals surface area contributed by atoms with Crippen LogP contribution < -0.4 is 10.2 Å². The van der Waals surface area contributed by atoms with E-state index in [0.717, 1.165) is 22.3 Å². The number of hydrogen-bond acceptors (Lipinski definition) is 6. The molecule has 33 heavy (non-hydrogen) atoms. The molecule has 9 heteroatoms. The summed E-state index contributed by atoms with van der Waals surface area (Å²) in [5, 5.41) is 13.8. The molecule has 0 saturated carbocycles. The Labute approximate surface area is 194 Å². The van der Waals surface area contributed by atoms with Gasteiger partial charge in [-0.2, -0.15) is 0 Å². The van der Waals surface area contributed by atoms with Gasteiger partial charge < -0.3 is 15.2 Å². The number of likely N-dealkylation sites (N-methyl/N-ethyl adjacent to an activating group) is 1. The summed E-state index contributed by atoms with van der Waals surface area (Å²) >= 11 is 1.27. The van der Waals surface area contributed by atoms with Gasteiger partial charge in [-0.3, -0.25) is 14.5 Å². The molecular weight excluding hydrogens is 442 g/mol. The van der Waals surface area contributed by atoms with E-state index in [1.54, 1.807) is 11.6 Å². The smallest absolute Gasteiger partial charge is 0.407 e. The van der Waals surface area contributed by atoms with Gasteiger partial charge in [0.25, 0.3) is 5.91 Å². The second kappa shape index (κ2) is 9.83. The molecule has 1 aliphatic rings. The molecule has 1 heterocycles. The van der Waals surface area contributed by atoms with Crippen molar-refractivity contribution in [3.05, 3.63) is 71.2 Å². The van der Waals surface area contributed by atoms with E-state index in [-0.39, 0.29) is 25.4 Å². The summed E-state index contributed by atoms with van der Waals surface area (Å²) in [6.07, 6.45) is 0.461. The minimum Gasteiger partial charge on any atom is -0.481 e. The monoisotopic (exact) mass is 465 g/mol. The van der Waals surface area contributed by atoms with Crippen molar-refractivity contribution in [2.75, 3.05) is 18.6 Å². The third kappa shape index (κ3) is 4.88. The van der Waals surface area contributed by atoms with Gasteiger partial charge in [-0.15, -0.1) is 11.3 Å². The van der Waals surface area contributed by atoms with Crippen LogP contribution in [0.25, 0.3) is 11.1 Å². The minimum absolute atomic E-state index is 0.0614. The molecule has 3 aromatic rings. The van der Waals surface area contributed by atoms with E-state index in [0.29, 0.717) is 5.13 Å². The number of carboxylic acid groups (broad SMARTS) is 1. The fourth-order valence-corrected chi connectivity index (χ4v) is 4.63. The zero-order chi connectivity index (χ0) is 23.4. The normalized spacial score (nSPS) is 13.0. The fourth-order valence-electron chi connectivity index (χ4n) is 4.02. The molecule has 2 N–H and O–H groups in total. The van der Waals surface area contributed by atoms with Crippen molar-refractivity contribution in [1.82, 2.24) is 10.3 Å². The van der Waals surface area contributed by atoms with Crippen LogP contribution in [0.1, 0.15) is 29.9 Å². The molecule has 1 aromatic heterocycles. The van der Waals surface area contributed by atoms with E-state index in [9.17, 15) is 14.4 Å². The number of carbonyl (C=O) groups is 3. The van der Waals surface area contributed by atoms with Crippen molar-refractivity contribution in [2.45, 2.75) is 24.8 Å². The van der Waals surface area contributed by atoms with Gasteiger partial charge in [-0.05, 0) is 28.7 Å². The summed E-state index contributed by atoms with van der Waals surface area (Å²) in [4.78, 5) is 42.0. The van der Waals surface area contributed by atoms with Crippen LogP contribution in [0, 0.1) is 0 Å². The van der Waals surface area contributed by atoms with Crippen molar-refractivity contribution >= 4 is 34.4 Å². The number of aliphatic carboxylic acids is 1. The Kier molecular flexibility index (Phi) is 6.69. The van der Waals surface area contributed by atoms with Crippen LogP contribution in [0.15, 0.2) is 60.1 Å². The van der Waals surface area contributed by atoms with Crippen molar-refractivity contribution in [2.24, 2.45) is 0 Å². The highest BCUT2D eigenvalue weighted by Crippen LogP contribution is 2.44. The first-order chi connectivity index (χ1) is 16.0. The molecule has 0 aliphatic heterocycles. The van der Waals surface area contributed by atoms with Crippen LogP contribution in [0.3, 0.4) is 0 Å². The maximum Gasteiger partial charge on any atom is 0.407 e. The molecule has 2 amide bonds. The summed E-state index contributed by atoms with van der Waals surface area (Å²) in [6, 6.07) is 14.9. The quantitative estimate of drug-likeness (QED) is 0.523. The van der Waals surface area contributed by atoms with Gasteiger partial charge in [0.2, 0.25) is 0 Å². The molecular formula is C24H23N3O5S. The molecule has 170 valence electrons. The lowest BCUT2D eigenvalue weighted by atomic mass is 9.98. The third-order valence-electron chi connectivity index (χ3n) is 5.62. The Morgan fingerprint density at radius 3 is 2.33 bits per heavy atom. The van der Waals surface area contributed by atoms with Crippen molar-refractivity contribution in [3.8, 4) is 11.1 Å². The van der Waals surface area contributed by atoms with Crippen LogP contribution in [0.5, 0.6) is 0 Å². The average Bonchev–Trinajstić information content (AvgIpc) is 3.46. The highest BCUT2D eigenvalue weighted by atomic mass is 32.1. The first kappa shape index (κ1) is 22.5. The van der Waals surface area contributed by atoms with E-state index < -0.39 is 24.0 Å². The summed E-state index contributed by atoms with van der Waals surface area (Å²) in [5.74, 6) is -1.63. The number of fused-ring (bicyclic) bond motifs is 3. The van der Waals surface area contributed by atoms with Gasteiger partial charge in [0.15, 0.2) is 5.13 Å². The molecule has 8 nitrogen and oxygen atoms in total. The Morgan fingerprint density at radius 2 is 1.76 bits per heavy atom. The Morgan fingerprint density at radius 1 is 1.12 bits per heavy atom. The molecule has 1 atom stereocenters. The number of ether oxygens (including phenoxy) is 1. The SMILES string of the molecule is CN(C(=O)C(CCC(=O)O)NC(=O)OCC1c2ccccc2-c2ccccc21)c1nccs1. The molecule has 0 bridgehead atoms. The summed E-state index contributed by atoms with van der Waals surface area (Å²) in [5.41, 5.74) is 4.38. The summed E-state index contributed by atoms with van der Waals surface area (Å²) < 4.78 is 5.52. The van der Waals surface area contributed by atoms with Gasteiger partial charge in [-0.1, -0.05) is 48.5 Å². The van der Waals surface area contributed by atoms with E-state index in [1.165, 1.54) is 23.3 Å². The molecule has 0 radical (unpaired) electrons. The zero-order valence-electron chi connectivity index (χ0n) is 17.9. The minimum atomic E-state index is -1.06. The predicted molar refractivity (Wildman–Crippen MR) is 124 cm³/mol. The molecule has 2 aromatic carbocycles. The maximum atomic E-state index is 12.9. The highest BCUT2D eigenvalue weighted by Gasteiger charge is 2.31. The number of benzene rings is 2.